The van der Waals surface area contributed by atoms with Crippen molar-refractivity contribution in [2.45, 2.75) is 25.4 Å². The predicted octanol–water partition coefficient (Wildman–Crippen LogP) is 2.54. The Bertz CT molecular complexity index is 456. The van der Waals surface area contributed by atoms with Gasteiger partial charge in [-0.3, -0.25) is 9.79 Å². The first-order chi connectivity index (χ1) is 8.63. The zero-order valence-electron chi connectivity index (χ0n) is 9.80. The maximum Gasteiger partial charge on any atom is 0.303 e. The van der Waals surface area contributed by atoms with Crippen LogP contribution in [-0.2, 0) is 16.0 Å². The van der Waals surface area contributed by atoms with E-state index < -0.39 is 5.97 Å². The van der Waals surface area contributed by atoms with Crippen molar-refractivity contribution in [3.05, 3.63) is 34.9 Å². The number of aliphatic carboxylic acids is 1. The Morgan fingerprint density at radius 2 is 2.17 bits per heavy atom. The average Bonchev–Trinajstić information content (AvgIpc) is 2.77. The highest BCUT2D eigenvalue weighted by Gasteiger charge is 2.20. The quantitative estimate of drug-likeness (QED) is 0.892. The molecule has 1 unspecified atom stereocenters. The summed E-state index contributed by atoms with van der Waals surface area (Å²) in [5.74, 6) is -0.127. The van der Waals surface area contributed by atoms with Gasteiger partial charge >= 0.3 is 5.97 Å². The van der Waals surface area contributed by atoms with Crippen molar-refractivity contribution in [3.8, 4) is 0 Å². The van der Waals surface area contributed by atoms with E-state index >= 15 is 0 Å². The molecule has 0 fully saturated rings. The van der Waals surface area contributed by atoms with Crippen LogP contribution in [-0.4, -0.2) is 29.6 Å². The Hall–Kier alpha value is -1.55. The molecule has 5 heteroatoms. The number of nitrogens with zero attached hydrogens (tertiary/aromatic N) is 1. The van der Waals surface area contributed by atoms with Gasteiger partial charge in [0.05, 0.1) is 6.54 Å². The van der Waals surface area contributed by atoms with E-state index in [9.17, 15) is 4.79 Å². The number of carboxylic acid groups (broad SMARTS) is 1. The third-order valence-corrected chi connectivity index (χ3v) is 2.97. The van der Waals surface area contributed by atoms with E-state index in [4.69, 9.17) is 21.4 Å². The Kier molecular flexibility index (Phi) is 4.20. The standard InChI is InChI=1S/C13H14ClNO3/c14-10-3-1-9(2-4-10)7-12-15-8-11(18-12)5-6-13(16)17/h1-4,11H,5-8H2,(H,16,17). The lowest BCUT2D eigenvalue weighted by atomic mass is 10.1. The zero-order chi connectivity index (χ0) is 13.0. The van der Waals surface area contributed by atoms with E-state index in [1.807, 2.05) is 24.3 Å². The van der Waals surface area contributed by atoms with Crippen molar-refractivity contribution < 1.29 is 14.6 Å². The molecule has 1 aliphatic rings. The molecule has 1 aromatic rings. The fourth-order valence-electron chi connectivity index (χ4n) is 1.78. The van der Waals surface area contributed by atoms with Crippen LogP contribution in [0.1, 0.15) is 18.4 Å². The van der Waals surface area contributed by atoms with Gasteiger partial charge in [0.2, 0.25) is 0 Å². The maximum atomic E-state index is 10.5. The molecule has 1 heterocycles. The predicted molar refractivity (Wildman–Crippen MR) is 69.2 cm³/mol. The van der Waals surface area contributed by atoms with Crippen LogP contribution in [0.25, 0.3) is 0 Å². The second-order valence-corrected chi connectivity index (χ2v) is 4.65. The number of aliphatic imine (C=N–C) groups is 1. The van der Waals surface area contributed by atoms with E-state index in [1.165, 1.54) is 0 Å². The van der Waals surface area contributed by atoms with Crippen LogP contribution in [0.15, 0.2) is 29.3 Å². The van der Waals surface area contributed by atoms with Crippen LogP contribution in [0.2, 0.25) is 5.02 Å². The molecule has 1 aliphatic heterocycles. The van der Waals surface area contributed by atoms with Crippen molar-refractivity contribution in [2.75, 3.05) is 6.54 Å². The highest BCUT2D eigenvalue weighted by molar-refractivity contribution is 6.30. The number of hydrogen-bond donors (Lipinski definition) is 1. The van der Waals surface area contributed by atoms with Gasteiger partial charge in [-0.25, -0.2) is 0 Å². The summed E-state index contributed by atoms with van der Waals surface area (Å²) in [5, 5.41) is 9.30. The topological polar surface area (TPSA) is 58.9 Å². The average molecular weight is 268 g/mol. The molecule has 0 saturated carbocycles. The van der Waals surface area contributed by atoms with Crippen LogP contribution in [0.3, 0.4) is 0 Å². The van der Waals surface area contributed by atoms with Gasteiger partial charge in [-0.1, -0.05) is 23.7 Å². The van der Waals surface area contributed by atoms with Crippen LogP contribution in [0.4, 0.5) is 0 Å². The minimum atomic E-state index is -0.801. The van der Waals surface area contributed by atoms with Crippen molar-refractivity contribution in [1.29, 1.82) is 0 Å². The Morgan fingerprint density at radius 3 is 2.83 bits per heavy atom. The number of carboxylic acids is 1. The third kappa shape index (κ3) is 3.74. The highest BCUT2D eigenvalue weighted by atomic mass is 35.5. The second-order valence-electron chi connectivity index (χ2n) is 4.21. The van der Waals surface area contributed by atoms with Gasteiger partial charge in [0, 0.05) is 17.9 Å². The van der Waals surface area contributed by atoms with E-state index in [2.05, 4.69) is 4.99 Å². The largest absolute Gasteiger partial charge is 0.481 e. The number of rotatable bonds is 5. The molecule has 1 aromatic carbocycles. The zero-order valence-corrected chi connectivity index (χ0v) is 10.6. The fraction of sp³-hybridized carbons (Fsp3) is 0.385. The summed E-state index contributed by atoms with van der Waals surface area (Å²) in [7, 11) is 0. The first-order valence-electron chi connectivity index (χ1n) is 5.79. The minimum absolute atomic E-state index is 0.0941. The van der Waals surface area contributed by atoms with Gasteiger partial charge in [-0.05, 0) is 24.1 Å². The lowest BCUT2D eigenvalue weighted by Gasteiger charge is -2.09. The Morgan fingerprint density at radius 1 is 1.44 bits per heavy atom. The van der Waals surface area contributed by atoms with Gasteiger partial charge < -0.3 is 9.84 Å². The van der Waals surface area contributed by atoms with Gasteiger partial charge in [0.1, 0.15) is 6.10 Å². The van der Waals surface area contributed by atoms with Gasteiger partial charge in [-0.15, -0.1) is 0 Å². The number of benzene rings is 1. The third-order valence-electron chi connectivity index (χ3n) is 2.72. The Balaban J connectivity index is 1.82. The molecule has 4 nitrogen and oxygen atoms in total. The molecule has 0 saturated heterocycles. The van der Waals surface area contributed by atoms with Crippen molar-refractivity contribution in [3.63, 3.8) is 0 Å². The molecular weight excluding hydrogens is 254 g/mol. The van der Waals surface area contributed by atoms with Crippen molar-refractivity contribution in [1.82, 2.24) is 0 Å². The molecule has 2 rings (SSSR count). The molecule has 96 valence electrons. The van der Waals surface area contributed by atoms with E-state index in [0.29, 0.717) is 30.3 Å². The second kappa shape index (κ2) is 5.87. The lowest BCUT2D eigenvalue weighted by molar-refractivity contribution is -0.137. The van der Waals surface area contributed by atoms with Crippen LogP contribution in [0.5, 0.6) is 0 Å². The normalized spacial score (nSPS) is 18.3. The maximum absolute atomic E-state index is 10.5. The van der Waals surface area contributed by atoms with E-state index in [-0.39, 0.29) is 12.5 Å². The van der Waals surface area contributed by atoms with Crippen LogP contribution >= 0.6 is 11.6 Å². The first kappa shape index (κ1) is 12.9. The smallest absolute Gasteiger partial charge is 0.303 e. The first-order valence-corrected chi connectivity index (χ1v) is 6.17. The molecule has 0 radical (unpaired) electrons. The molecule has 0 aliphatic carbocycles. The summed E-state index contributed by atoms with van der Waals surface area (Å²) in [6.07, 6.45) is 1.15. The number of halogens is 1. The van der Waals surface area contributed by atoms with Gasteiger partial charge in [0.25, 0.3) is 0 Å². The highest BCUT2D eigenvalue weighted by Crippen LogP contribution is 2.15. The summed E-state index contributed by atoms with van der Waals surface area (Å²) >= 11 is 5.81. The molecule has 1 atom stereocenters. The van der Waals surface area contributed by atoms with Crippen molar-refractivity contribution in [2.24, 2.45) is 4.99 Å². The summed E-state index contributed by atoms with van der Waals surface area (Å²) < 4.78 is 5.60. The molecule has 0 bridgehead atoms. The van der Waals surface area contributed by atoms with Crippen LogP contribution in [0, 0.1) is 0 Å². The summed E-state index contributed by atoms with van der Waals surface area (Å²) in [5.41, 5.74) is 1.08. The molecular formula is C13H14ClNO3. The number of ether oxygens (including phenoxy) is 1. The van der Waals surface area contributed by atoms with Gasteiger partial charge in [-0.2, -0.15) is 0 Å². The lowest BCUT2D eigenvalue weighted by Crippen LogP contribution is -2.15. The molecule has 18 heavy (non-hydrogen) atoms. The summed E-state index contributed by atoms with van der Waals surface area (Å²) in [6.45, 7) is 0.552. The van der Waals surface area contributed by atoms with Crippen LogP contribution < -0.4 is 0 Å². The molecule has 1 N–H and O–H groups in total. The monoisotopic (exact) mass is 267 g/mol. The summed E-state index contributed by atoms with van der Waals surface area (Å²) in [4.78, 5) is 14.7. The minimum Gasteiger partial charge on any atom is -0.481 e. The van der Waals surface area contributed by atoms with E-state index in [1.54, 1.807) is 0 Å². The number of hydrogen-bond acceptors (Lipinski definition) is 3. The fourth-order valence-corrected chi connectivity index (χ4v) is 1.91. The SMILES string of the molecule is O=C(O)CCC1CN=C(Cc2ccc(Cl)cc2)O1. The number of carbonyl (C=O) groups is 1. The molecule has 0 amide bonds. The molecule has 0 aromatic heterocycles. The van der Waals surface area contributed by atoms with Gasteiger partial charge in [0.15, 0.2) is 5.90 Å². The molecule has 0 spiro atoms. The van der Waals surface area contributed by atoms with Crippen molar-refractivity contribution >= 4 is 23.5 Å². The van der Waals surface area contributed by atoms with E-state index in [0.717, 1.165) is 5.56 Å². The Labute approximate surface area is 110 Å². The summed E-state index contributed by atoms with van der Waals surface area (Å²) in [6, 6.07) is 7.51.